The first-order valence-corrected chi connectivity index (χ1v) is 6.03. The molecule has 2 saturated heterocycles. The molecule has 2 heterocycles. The van der Waals surface area contributed by atoms with Crippen LogP contribution in [0.3, 0.4) is 0 Å². The van der Waals surface area contributed by atoms with Crippen LogP contribution in [0.15, 0.2) is 24.3 Å². The lowest BCUT2D eigenvalue weighted by Gasteiger charge is -2.35. The van der Waals surface area contributed by atoms with Crippen molar-refractivity contribution >= 4 is 11.8 Å². The van der Waals surface area contributed by atoms with E-state index in [-0.39, 0.29) is 23.7 Å². The number of piperazine rings is 1. The highest BCUT2D eigenvalue weighted by atomic mass is 19.1. The van der Waals surface area contributed by atoms with Gasteiger partial charge in [0.15, 0.2) is 0 Å². The smallest absolute Gasteiger partial charge is 0.248 e. The normalized spacial score (nSPS) is 28.1. The maximum Gasteiger partial charge on any atom is 0.248 e. The molecule has 0 bridgehead atoms. The summed E-state index contributed by atoms with van der Waals surface area (Å²) in [7, 11) is 0. The Kier molecular flexibility index (Phi) is 2.63. The van der Waals surface area contributed by atoms with E-state index in [0.29, 0.717) is 12.1 Å². The van der Waals surface area contributed by atoms with Gasteiger partial charge < -0.3 is 0 Å². The van der Waals surface area contributed by atoms with Gasteiger partial charge in [0, 0.05) is 6.54 Å². The van der Waals surface area contributed by atoms with Crippen LogP contribution in [0.5, 0.6) is 0 Å². The Morgan fingerprint density at radius 2 is 2.11 bits per heavy atom. The van der Waals surface area contributed by atoms with E-state index in [1.165, 1.54) is 12.1 Å². The van der Waals surface area contributed by atoms with Crippen molar-refractivity contribution in [3.05, 3.63) is 35.6 Å². The van der Waals surface area contributed by atoms with Gasteiger partial charge in [-0.15, -0.1) is 0 Å². The number of amides is 2. The van der Waals surface area contributed by atoms with Crippen molar-refractivity contribution in [3.8, 4) is 0 Å². The molecule has 0 aromatic heterocycles. The van der Waals surface area contributed by atoms with Crippen LogP contribution in [0, 0.1) is 5.82 Å². The van der Waals surface area contributed by atoms with E-state index in [9.17, 15) is 14.0 Å². The standard InChI is InChI=1S/C13H13FN2O2/c14-9-4-1-3-8(7-9)11-13(18)15-12(17)10-5-2-6-16(10)11/h1,3-4,7,10-11H,2,5-6H2,(H,15,17,18)/t10-,11-/m0/s1. The first-order valence-electron chi connectivity index (χ1n) is 6.03. The topological polar surface area (TPSA) is 49.4 Å². The maximum atomic E-state index is 13.3. The predicted molar refractivity (Wildman–Crippen MR) is 62.0 cm³/mol. The molecule has 2 amide bonds. The average Bonchev–Trinajstić information content (AvgIpc) is 2.78. The summed E-state index contributed by atoms with van der Waals surface area (Å²) in [5.41, 5.74) is 0.604. The fraction of sp³-hybridized carbons (Fsp3) is 0.385. The molecule has 0 radical (unpaired) electrons. The Morgan fingerprint density at radius 1 is 1.28 bits per heavy atom. The molecule has 1 aromatic rings. The molecule has 0 spiro atoms. The minimum Gasteiger partial charge on any atom is -0.293 e. The van der Waals surface area contributed by atoms with Crippen molar-refractivity contribution in [1.29, 1.82) is 0 Å². The molecule has 0 saturated carbocycles. The first kappa shape index (κ1) is 11.3. The molecule has 2 fully saturated rings. The van der Waals surface area contributed by atoms with E-state index in [4.69, 9.17) is 0 Å². The molecule has 94 valence electrons. The number of fused-ring (bicyclic) bond motifs is 1. The van der Waals surface area contributed by atoms with Crippen LogP contribution in [-0.2, 0) is 9.59 Å². The summed E-state index contributed by atoms with van der Waals surface area (Å²) in [6.45, 7) is 0.699. The molecule has 2 aliphatic heterocycles. The number of nitrogens with one attached hydrogen (secondary N) is 1. The quantitative estimate of drug-likeness (QED) is 0.754. The third-order valence-electron chi connectivity index (χ3n) is 3.59. The van der Waals surface area contributed by atoms with Crippen molar-refractivity contribution in [2.75, 3.05) is 6.54 Å². The Hall–Kier alpha value is -1.75. The third kappa shape index (κ3) is 1.71. The number of rotatable bonds is 1. The largest absolute Gasteiger partial charge is 0.293 e. The van der Waals surface area contributed by atoms with Gasteiger partial charge in [-0.3, -0.25) is 19.8 Å². The van der Waals surface area contributed by atoms with Gasteiger partial charge in [0.2, 0.25) is 11.8 Å². The molecule has 4 nitrogen and oxygen atoms in total. The molecule has 1 N–H and O–H groups in total. The minimum absolute atomic E-state index is 0.231. The third-order valence-corrected chi connectivity index (χ3v) is 3.59. The molecule has 2 aliphatic rings. The number of imide groups is 1. The highest BCUT2D eigenvalue weighted by Crippen LogP contribution is 2.32. The zero-order valence-electron chi connectivity index (χ0n) is 9.73. The van der Waals surface area contributed by atoms with E-state index in [1.54, 1.807) is 12.1 Å². The second-order valence-corrected chi connectivity index (χ2v) is 4.71. The summed E-state index contributed by atoms with van der Waals surface area (Å²) >= 11 is 0. The fourth-order valence-electron chi connectivity index (χ4n) is 2.82. The number of carbonyl (C=O) groups excluding carboxylic acids is 2. The van der Waals surface area contributed by atoms with Gasteiger partial charge in [-0.25, -0.2) is 4.39 Å². The van der Waals surface area contributed by atoms with E-state index >= 15 is 0 Å². The Labute approximate surface area is 104 Å². The summed E-state index contributed by atoms with van der Waals surface area (Å²) in [4.78, 5) is 25.5. The van der Waals surface area contributed by atoms with E-state index in [1.807, 2.05) is 4.90 Å². The van der Waals surface area contributed by atoms with Gasteiger partial charge >= 0.3 is 0 Å². The highest BCUT2D eigenvalue weighted by molar-refractivity contribution is 6.03. The van der Waals surface area contributed by atoms with Gasteiger partial charge in [0.05, 0.1) is 6.04 Å². The fourth-order valence-corrected chi connectivity index (χ4v) is 2.82. The number of nitrogens with zero attached hydrogens (tertiary/aromatic N) is 1. The Balaban J connectivity index is 1.99. The molecule has 18 heavy (non-hydrogen) atoms. The molecule has 1 aromatic carbocycles. The Bertz CT molecular complexity index is 517. The van der Waals surface area contributed by atoms with Crippen LogP contribution in [0.4, 0.5) is 4.39 Å². The first-order chi connectivity index (χ1) is 8.66. The lowest BCUT2D eigenvalue weighted by molar-refractivity contribution is -0.143. The van der Waals surface area contributed by atoms with E-state index in [2.05, 4.69) is 5.32 Å². The van der Waals surface area contributed by atoms with E-state index in [0.717, 1.165) is 12.8 Å². The summed E-state index contributed by atoms with van der Waals surface area (Å²) in [6.07, 6.45) is 1.64. The van der Waals surface area contributed by atoms with Crippen LogP contribution in [0.1, 0.15) is 24.4 Å². The molecule has 0 unspecified atom stereocenters. The summed E-state index contributed by atoms with van der Waals surface area (Å²) in [5, 5.41) is 2.38. The van der Waals surface area contributed by atoms with Gasteiger partial charge in [0.1, 0.15) is 11.9 Å². The lowest BCUT2D eigenvalue weighted by atomic mass is 10.00. The second-order valence-electron chi connectivity index (χ2n) is 4.71. The van der Waals surface area contributed by atoms with Crippen LogP contribution < -0.4 is 5.32 Å². The number of halogens is 1. The van der Waals surface area contributed by atoms with Gasteiger partial charge in [-0.05, 0) is 30.5 Å². The summed E-state index contributed by atoms with van der Waals surface area (Å²) in [6, 6.07) is 5.20. The van der Waals surface area contributed by atoms with Crippen molar-refractivity contribution in [3.63, 3.8) is 0 Å². The van der Waals surface area contributed by atoms with Crippen molar-refractivity contribution in [2.45, 2.75) is 24.9 Å². The maximum absolute atomic E-state index is 13.3. The second kappa shape index (κ2) is 4.17. The number of benzene rings is 1. The average molecular weight is 248 g/mol. The predicted octanol–water partition coefficient (Wildman–Crippen LogP) is 0.988. The highest BCUT2D eigenvalue weighted by Gasteiger charge is 2.44. The lowest BCUT2D eigenvalue weighted by Crippen LogP contribution is -2.56. The van der Waals surface area contributed by atoms with Crippen LogP contribution in [0.25, 0.3) is 0 Å². The zero-order chi connectivity index (χ0) is 12.7. The number of hydrogen-bond acceptors (Lipinski definition) is 3. The van der Waals surface area contributed by atoms with Crippen molar-refractivity contribution in [2.24, 2.45) is 0 Å². The monoisotopic (exact) mass is 248 g/mol. The van der Waals surface area contributed by atoms with Crippen LogP contribution in [-0.4, -0.2) is 29.3 Å². The number of hydrogen-bond donors (Lipinski definition) is 1. The van der Waals surface area contributed by atoms with E-state index < -0.39 is 6.04 Å². The van der Waals surface area contributed by atoms with Crippen molar-refractivity contribution < 1.29 is 14.0 Å². The summed E-state index contributed by atoms with van der Waals surface area (Å²) in [5.74, 6) is -0.957. The summed E-state index contributed by atoms with van der Waals surface area (Å²) < 4.78 is 13.3. The molecular weight excluding hydrogens is 235 g/mol. The van der Waals surface area contributed by atoms with Crippen LogP contribution >= 0.6 is 0 Å². The zero-order valence-corrected chi connectivity index (χ0v) is 9.73. The van der Waals surface area contributed by atoms with Crippen molar-refractivity contribution in [1.82, 2.24) is 10.2 Å². The molecular formula is C13H13FN2O2. The minimum atomic E-state index is -0.550. The van der Waals surface area contributed by atoms with Gasteiger partial charge in [0.25, 0.3) is 0 Å². The molecule has 2 atom stereocenters. The van der Waals surface area contributed by atoms with Gasteiger partial charge in [-0.2, -0.15) is 0 Å². The SMILES string of the molecule is O=C1NC(=O)[C@@H]2CCCN2[C@H]1c1cccc(F)c1. The van der Waals surface area contributed by atoms with Crippen LogP contribution in [0.2, 0.25) is 0 Å². The number of carbonyl (C=O) groups is 2. The molecule has 5 heteroatoms. The molecule has 0 aliphatic carbocycles. The van der Waals surface area contributed by atoms with Gasteiger partial charge in [-0.1, -0.05) is 12.1 Å². The Morgan fingerprint density at radius 3 is 2.89 bits per heavy atom. The molecule has 3 rings (SSSR count).